The lowest BCUT2D eigenvalue weighted by Gasteiger charge is -2.22. The second-order valence-electron chi connectivity index (χ2n) is 5.54. The van der Waals surface area contributed by atoms with Gasteiger partial charge in [0.1, 0.15) is 0 Å². The standard InChI is InChI=1S/C15H14ClN5O3/c1-23-9-6-11(14-19-18-12-7-17-3-4-20(12)14)21(8-9)15(22)10-2-5-24-13(10)16/h2-5,7,9,11H,6,8H2,1H3/t9-,11+/m1/s1. The molecule has 4 heterocycles. The van der Waals surface area contributed by atoms with Crippen molar-refractivity contribution in [2.75, 3.05) is 13.7 Å². The normalized spacial score (nSPS) is 20.8. The van der Waals surface area contributed by atoms with Crippen molar-refractivity contribution in [2.24, 2.45) is 0 Å². The highest BCUT2D eigenvalue weighted by atomic mass is 35.5. The van der Waals surface area contributed by atoms with Gasteiger partial charge in [0.05, 0.1) is 30.2 Å². The Hall–Kier alpha value is -2.45. The molecule has 0 N–H and O–H groups in total. The summed E-state index contributed by atoms with van der Waals surface area (Å²) < 4.78 is 12.3. The summed E-state index contributed by atoms with van der Waals surface area (Å²) in [6.07, 6.45) is 6.99. The summed E-state index contributed by atoms with van der Waals surface area (Å²) in [5.74, 6) is 0.448. The molecule has 3 aromatic rings. The first-order valence-corrected chi connectivity index (χ1v) is 7.78. The van der Waals surface area contributed by atoms with Crippen molar-refractivity contribution in [1.82, 2.24) is 24.5 Å². The third kappa shape index (κ3) is 2.35. The van der Waals surface area contributed by atoms with Crippen molar-refractivity contribution in [3.05, 3.63) is 47.5 Å². The van der Waals surface area contributed by atoms with Crippen molar-refractivity contribution >= 4 is 23.2 Å². The predicted molar refractivity (Wildman–Crippen MR) is 83.7 cm³/mol. The minimum absolute atomic E-state index is 0.0786. The van der Waals surface area contributed by atoms with Gasteiger partial charge in [0, 0.05) is 32.5 Å². The molecule has 0 aliphatic carbocycles. The first-order valence-electron chi connectivity index (χ1n) is 7.40. The van der Waals surface area contributed by atoms with E-state index in [9.17, 15) is 4.79 Å². The number of hydrogen-bond acceptors (Lipinski definition) is 6. The highest BCUT2D eigenvalue weighted by molar-refractivity contribution is 6.32. The first-order chi connectivity index (χ1) is 11.7. The molecule has 1 saturated heterocycles. The van der Waals surface area contributed by atoms with Crippen molar-refractivity contribution in [3.8, 4) is 0 Å². The lowest BCUT2D eigenvalue weighted by molar-refractivity contribution is 0.0683. The van der Waals surface area contributed by atoms with Gasteiger partial charge in [-0.15, -0.1) is 10.2 Å². The van der Waals surface area contributed by atoms with Crippen LogP contribution in [0.1, 0.15) is 28.6 Å². The van der Waals surface area contributed by atoms with Gasteiger partial charge < -0.3 is 14.1 Å². The molecule has 0 spiro atoms. The smallest absolute Gasteiger partial charge is 0.259 e. The third-order valence-electron chi connectivity index (χ3n) is 4.24. The number of carbonyl (C=O) groups excluding carboxylic acids is 1. The molecule has 0 unspecified atom stereocenters. The fraction of sp³-hybridized carbons (Fsp3) is 0.333. The van der Waals surface area contributed by atoms with Crippen molar-refractivity contribution in [1.29, 1.82) is 0 Å². The number of nitrogens with zero attached hydrogens (tertiary/aromatic N) is 5. The van der Waals surface area contributed by atoms with Crippen LogP contribution in [0.2, 0.25) is 5.22 Å². The Balaban J connectivity index is 1.74. The fourth-order valence-electron chi connectivity index (χ4n) is 3.04. The predicted octanol–water partition coefficient (Wildman–Crippen LogP) is 1.97. The first kappa shape index (κ1) is 15.1. The highest BCUT2D eigenvalue weighted by Crippen LogP contribution is 2.34. The van der Waals surface area contributed by atoms with Crippen LogP contribution < -0.4 is 0 Å². The zero-order chi connectivity index (χ0) is 16.7. The molecule has 3 aromatic heterocycles. The largest absolute Gasteiger partial charge is 0.452 e. The molecule has 24 heavy (non-hydrogen) atoms. The Bertz CT molecular complexity index is 892. The quantitative estimate of drug-likeness (QED) is 0.720. The van der Waals surface area contributed by atoms with Crippen LogP contribution in [0.4, 0.5) is 0 Å². The van der Waals surface area contributed by atoms with Crippen LogP contribution in [0.3, 0.4) is 0 Å². The van der Waals surface area contributed by atoms with Gasteiger partial charge in [0.2, 0.25) is 5.22 Å². The van der Waals surface area contributed by atoms with Gasteiger partial charge in [-0.3, -0.25) is 14.2 Å². The monoisotopic (exact) mass is 347 g/mol. The minimum atomic E-state index is -0.272. The van der Waals surface area contributed by atoms with Crippen molar-refractivity contribution in [2.45, 2.75) is 18.6 Å². The topological polar surface area (TPSA) is 85.8 Å². The van der Waals surface area contributed by atoms with E-state index in [0.29, 0.717) is 30.0 Å². The lowest BCUT2D eigenvalue weighted by atomic mass is 10.1. The molecule has 4 rings (SSSR count). The summed E-state index contributed by atoms with van der Waals surface area (Å²) in [6.45, 7) is 0.446. The molecule has 2 atom stereocenters. The number of furan rings is 1. The summed E-state index contributed by atoms with van der Waals surface area (Å²) in [5, 5.41) is 8.44. The molecule has 124 valence electrons. The van der Waals surface area contributed by atoms with E-state index < -0.39 is 0 Å². The number of amides is 1. The maximum absolute atomic E-state index is 12.9. The summed E-state index contributed by atoms with van der Waals surface area (Å²) >= 11 is 5.96. The molecule has 0 bridgehead atoms. The van der Waals surface area contributed by atoms with E-state index in [4.69, 9.17) is 20.8 Å². The van der Waals surface area contributed by atoms with Gasteiger partial charge in [-0.05, 0) is 17.7 Å². The second-order valence-corrected chi connectivity index (χ2v) is 5.88. The Morgan fingerprint density at radius 2 is 2.33 bits per heavy atom. The number of aromatic nitrogens is 4. The molecular formula is C15H14ClN5O3. The van der Waals surface area contributed by atoms with Crippen LogP contribution in [-0.4, -0.2) is 50.1 Å². The summed E-state index contributed by atoms with van der Waals surface area (Å²) in [7, 11) is 1.63. The molecule has 1 fully saturated rings. The Morgan fingerprint density at radius 3 is 3.08 bits per heavy atom. The number of rotatable bonds is 3. The van der Waals surface area contributed by atoms with E-state index in [-0.39, 0.29) is 23.3 Å². The lowest BCUT2D eigenvalue weighted by Crippen LogP contribution is -2.32. The Kier molecular flexibility index (Phi) is 3.70. The molecule has 8 nitrogen and oxygen atoms in total. The number of halogens is 1. The number of carbonyl (C=O) groups is 1. The number of hydrogen-bond donors (Lipinski definition) is 0. The number of likely N-dealkylation sites (tertiary alicyclic amines) is 1. The van der Waals surface area contributed by atoms with Crippen LogP contribution in [-0.2, 0) is 4.74 Å². The van der Waals surface area contributed by atoms with Gasteiger partial charge in [0.25, 0.3) is 5.91 Å². The number of fused-ring (bicyclic) bond motifs is 1. The van der Waals surface area contributed by atoms with E-state index in [1.165, 1.54) is 6.26 Å². The van der Waals surface area contributed by atoms with Gasteiger partial charge in [0.15, 0.2) is 11.5 Å². The van der Waals surface area contributed by atoms with Crippen LogP contribution in [0.15, 0.2) is 35.3 Å². The molecular weight excluding hydrogens is 334 g/mol. The van der Waals surface area contributed by atoms with Gasteiger partial charge in [-0.1, -0.05) is 0 Å². The maximum Gasteiger partial charge on any atom is 0.259 e. The Morgan fingerprint density at radius 1 is 1.46 bits per heavy atom. The van der Waals surface area contributed by atoms with Crippen LogP contribution >= 0.6 is 11.6 Å². The number of methoxy groups -OCH3 is 1. The summed E-state index contributed by atoms with van der Waals surface area (Å²) in [4.78, 5) is 18.6. The van der Waals surface area contributed by atoms with Crippen molar-refractivity contribution in [3.63, 3.8) is 0 Å². The average Bonchev–Trinajstić information content (AvgIpc) is 3.31. The van der Waals surface area contributed by atoms with E-state index in [1.54, 1.807) is 36.7 Å². The van der Waals surface area contributed by atoms with Crippen LogP contribution in [0.25, 0.3) is 5.65 Å². The Labute approximate surface area is 142 Å². The van der Waals surface area contributed by atoms with Crippen molar-refractivity contribution < 1.29 is 13.9 Å². The van der Waals surface area contributed by atoms with Crippen LogP contribution in [0, 0.1) is 0 Å². The molecule has 0 aromatic carbocycles. The fourth-order valence-corrected chi connectivity index (χ4v) is 3.23. The van der Waals surface area contributed by atoms with E-state index in [2.05, 4.69) is 15.2 Å². The SMILES string of the molecule is CO[C@@H]1C[C@@H](c2nnc3cnccn23)N(C(=O)c2ccoc2Cl)C1. The zero-order valence-electron chi connectivity index (χ0n) is 12.8. The summed E-state index contributed by atoms with van der Waals surface area (Å²) in [5.41, 5.74) is 0.955. The average molecular weight is 348 g/mol. The van der Waals surface area contributed by atoms with Gasteiger partial charge in [-0.25, -0.2) is 0 Å². The molecule has 0 radical (unpaired) electrons. The molecule has 1 amide bonds. The number of ether oxygens (including phenoxy) is 1. The van der Waals surface area contributed by atoms with E-state index >= 15 is 0 Å². The highest BCUT2D eigenvalue weighted by Gasteiger charge is 2.40. The molecule has 0 saturated carbocycles. The van der Waals surface area contributed by atoms with E-state index in [0.717, 1.165) is 0 Å². The van der Waals surface area contributed by atoms with Gasteiger partial charge in [-0.2, -0.15) is 0 Å². The summed E-state index contributed by atoms with van der Waals surface area (Å²) in [6, 6.07) is 1.29. The zero-order valence-corrected chi connectivity index (χ0v) is 13.6. The molecule has 9 heteroatoms. The second kappa shape index (κ2) is 5.88. The maximum atomic E-state index is 12.9. The minimum Gasteiger partial charge on any atom is -0.452 e. The molecule has 1 aliphatic rings. The van der Waals surface area contributed by atoms with Gasteiger partial charge >= 0.3 is 0 Å². The van der Waals surface area contributed by atoms with Crippen LogP contribution in [0.5, 0.6) is 0 Å². The van der Waals surface area contributed by atoms with E-state index in [1.807, 2.05) is 4.40 Å². The third-order valence-corrected chi connectivity index (χ3v) is 4.54. The molecule has 1 aliphatic heterocycles.